The molecule has 0 saturated heterocycles. The highest BCUT2D eigenvalue weighted by atomic mass is 32.2. The number of carbonyl (C=O) groups is 2. The fraction of sp³-hybridized carbons (Fsp3) is 0.300. The van der Waals surface area contributed by atoms with Crippen molar-refractivity contribution in [1.82, 2.24) is 10.0 Å². The Balaban J connectivity index is 1.75. The first-order valence-electron chi connectivity index (χ1n) is 8.83. The molecule has 0 aliphatic carbocycles. The number of ether oxygens (including phenoxy) is 2. The fourth-order valence-electron chi connectivity index (χ4n) is 2.31. The van der Waals surface area contributed by atoms with Crippen LogP contribution in [-0.2, 0) is 30.9 Å². The number of aryl methyl sites for hydroxylation is 2. The lowest BCUT2D eigenvalue weighted by molar-refractivity contribution is -0.147. The Kier molecular flexibility index (Phi) is 7.74. The van der Waals surface area contributed by atoms with Gasteiger partial charge in [0.15, 0.2) is 6.61 Å². The van der Waals surface area contributed by atoms with Crippen LogP contribution in [-0.4, -0.2) is 40.6 Å². The van der Waals surface area contributed by atoms with E-state index in [-0.39, 0.29) is 11.4 Å². The smallest absolute Gasteiger partial charge is 0.321 e. The molecule has 0 atom stereocenters. The Morgan fingerprint density at radius 2 is 1.69 bits per heavy atom. The SMILES string of the molecule is COc1ccc(CNC(=O)COC(=O)CNS(=O)(=O)c2ccc(C)c(C)c2)cc1. The first-order chi connectivity index (χ1) is 13.7. The molecule has 0 aliphatic heterocycles. The maximum atomic E-state index is 12.2. The van der Waals surface area contributed by atoms with Gasteiger partial charge in [-0.3, -0.25) is 9.59 Å². The predicted molar refractivity (Wildman–Crippen MR) is 107 cm³/mol. The summed E-state index contributed by atoms with van der Waals surface area (Å²) in [5.74, 6) is -0.638. The number of sulfonamides is 1. The Morgan fingerprint density at radius 1 is 1.00 bits per heavy atom. The fourth-order valence-corrected chi connectivity index (χ4v) is 3.36. The van der Waals surface area contributed by atoms with Gasteiger partial charge in [-0.05, 0) is 54.8 Å². The van der Waals surface area contributed by atoms with Gasteiger partial charge < -0.3 is 14.8 Å². The molecule has 0 heterocycles. The third kappa shape index (κ3) is 6.88. The van der Waals surface area contributed by atoms with Crippen LogP contribution in [0.15, 0.2) is 47.4 Å². The van der Waals surface area contributed by atoms with Gasteiger partial charge in [-0.25, -0.2) is 8.42 Å². The average molecular weight is 420 g/mol. The van der Waals surface area contributed by atoms with E-state index in [0.29, 0.717) is 5.75 Å². The van der Waals surface area contributed by atoms with Crippen LogP contribution in [0.25, 0.3) is 0 Å². The van der Waals surface area contributed by atoms with Gasteiger partial charge in [0.25, 0.3) is 5.91 Å². The normalized spacial score (nSPS) is 11.0. The molecule has 2 N–H and O–H groups in total. The number of benzene rings is 2. The number of nitrogens with one attached hydrogen (secondary N) is 2. The van der Waals surface area contributed by atoms with Crippen molar-refractivity contribution in [3.05, 3.63) is 59.2 Å². The van der Waals surface area contributed by atoms with Crippen molar-refractivity contribution < 1.29 is 27.5 Å². The van der Waals surface area contributed by atoms with E-state index in [1.54, 1.807) is 44.4 Å². The summed E-state index contributed by atoms with van der Waals surface area (Å²) in [6.07, 6.45) is 0. The Bertz CT molecular complexity index is 971. The molecule has 0 aromatic heterocycles. The molecule has 8 nitrogen and oxygen atoms in total. The van der Waals surface area contributed by atoms with Crippen molar-refractivity contribution >= 4 is 21.9 Å². The molecule has 2 aromatic carbocycles. The second-order valence-corrected chi connectivity index (χ2v) is 8.12. The predicted octanol–water partition coefficient (Wildman–Crippen LogP) is 1.45. The van der Waals surface area contributed by atoms with Crippen molar-refractivity contribution in [1.29, 1.82) is 0 Å². The van der Waals surface area contributed by atoms with E-state index in [4.69, 9.17) is 9.47 Å². The number of hydrogen-bond acceptors (Lipinski definition) is 6. The molecule has 0 aliphatic rings. The van der Waals surface area contributed by atoms with Crippen molar-refractivity contribution in [3.63, 3.8) is 0 Å². The van der Waals surface area contributed by atoms with Crippen molar-refractivity contribution in [3.8, 4) is 5.75 Å². The van der Waals surface area contributed by atoms with E-state index in [0.717, 1.165) is 16.7 Å². The number of rotatable bonds is 9. The molecule has 29 heavy (non-hydrogen) atoms. The summed E-state index contributed by atoms with van der Waals surface area (Å²) < 4.78 is 36.5. The van der Waals surface area contributed by atoms with Crippen molar-refractivity contribution in [2.24, 2.45) is 0 Å². The third-order valence-electron chi connectivity index (χ3n) is 4.21. The Morgan fingerprint density at radius 3 is 2.31 bits per heavy atom. The molecule has 0 unspecified atom stereocenters. The largest absolute Gasteiger partial charge is 0.497 e. The molecule has 156 valence electrons. The van der Waals surface area contributed by atoms with E-state index in [2.05, 4.69) is 10.0 Å². The van der Waals surface area contributed by atoms with Gasteiger partial charge in [0, 0.05) is 6.54 Å². The summed E-state index contributed by atoms with van der Waals surface area (Å²) in [7, 11) is -2.28. The van der Waals surface area contributed by atoms with Crippen LogP contribution < -0.4 is 14.8 Å². The van der Waals surface area contributed by atoms with Crippen molar-refractivity contribution in [2.75, 3.05) is 20.3 Å². The van der Waals surface area contributed by atoms with Crippen LogP contribution in [0.5, 0.6) is 5.75 Å². The zero-order valence-corrected chi connectivity index (χ0v) is 17.3. The van der Waals surface area contributed by atoms with Gasteiger partial charge in [0.1, 0.15) is 12.3 Å². The maximum Gasteiger partial charge on any atom is 0.321 e. The van der Waals surface area contributed by atoms with Gasteiger partial charge in [-0.1, -0.05) is 18.2 Å². The van der Waals surface area contributed by atoms with Crippen LogP contribution >= 0.6 is 0 Å². The summed E-state index contributed by atoms with van der Waals surface area (Å²) in [5.41, 5.74) is 2.64. The van der Waals surface area contributed by atoms with E-state index >= 15 is 0 Å². The Labute approximate surface area is 170 Å². The summed E-state index contributed by atoms with van der Waals surface area (Å²) in [4.78, 5) is 23.6. The van der Waals surface area contributed by atoms with Crippen LogP contribution in [0.3, 0.4) is 0 Å². The molecule has 2 rings (SSSR count). The van der Waals surface area contributed by atoms with E-state index in [9.17, 15) is 18.0 Å². The van der Waals surface area contributed by atoms with E-state index < -0.39 is 35.1 Å². The zero-order valence-electron chi connectivity index (χ0n) is 16.5. The molecule has 1 amide bonds. The van der Waals surface area contributed by atoms with E-state index in [1.165, 1.54) is 12.1 Å². The van der Waals surface area contributed by atoms with Crippen LogP contribution in [0, 0.1) is 13.8 Å². The summed E-state index contributed by atoms with van der Waals surface area (Å²) in [5, 5.41) is 2.61. The first-order valence-corrected chi connectivity index (χ1v) is 10.3. The lowest BCUT2D eigenvalue weighted by atomic mass is 10.1. The number of amides is 1. The van der Waals surface area contributed by atoms with Gasteiger partial charge in [0.2, 0.25) is 10.0 Å². The van der Waals surface area contributed by atoms with Crippen LogP contribution in [0.1, 0.15) is 16.7 Å². The minimum atomic E-state index is -3.85. The van der Waals surface area contributed by atoms with E-state index in [1.807, 2.05) is 6.92 Å². The minimum absolute atomic E-state index is 0.0608. The highest BCUT2D eigenvalue weighted by molar-refractivity contribution is 7.89. The quantitative estimate of drug-likeness (QED) is 0.594. The molecular weight excluding hydrogens is 396 g/mol. The van der Waals surface area contributed by atoms with Gasteiger partial charge >= 0.3 is 5.97 Å². The van der Waals surface area contributed by atoms with Crippen LogP contribution in [0.4, 0.5) is 0 Å². The molecule has 0 bridgehead atoms. The topological polar surface area (TPSA) is 111 Å². The number of esters is 1. The van der Waals surface area contributed by atoms with Crippen molar-refractivity contribution in [2.45, 2.75) is 25.3 Å². The first kappa shape index (κ1) is 22.4. The second kappa shape index (κ2) is 10.0. The average Bonchev–Trinajstić information content (AvgIpc) is 2.71. The standard InChI is InChI=1S/C20H24N2O6S/c1-14-4-9-18(10-15(14)2)29(25,26)22-12-20(24)28-13-19(23)21-11-16-5-7-17(27-3)8-6-16/h4-10,22H,11-13H2,1-3H3,(H,21,23). The molecule has 0 spiro atoms. The minimum Gasteiger partial charge on any atom is -0.497 e. The number of carbonyl (C=O) groups excluding carboxylic acids is 2. The third-order valence-corrected chi connectivity index (χ3v) is 5.61. The number of methoxy groups -OCH3 is 1. The molecule has 0 radical (unpaired) electrons. The maximum absolute atomic E-state index is 12.2. The second-order valence-electron chi connectivity index (χ2n) is 6.36. The molecular formula is C20H24N2O6S. The van der Waals surface area contributed by atoms with Gasteiger partial charge in [-0.15, -0.1) is 0 Å². The lowest BCUT2D eigenvalue weighted by Crippen LogP contribution is -2.33. The van der Waals surface area contributed by atoms with Gasteiger partial charge in [-0.2, -0.15) is 4.72 Å². The molecule has 0 saturated carbocycles. The van der Waals surface area contributed by atoms with Crippen LogP contribution in [0.2, 0.25) is 0 Å². The number of hydrogen-bond donors (Lipinski definition) is 2. The lowest BCUT2D eigenvalue weighted by Gasteiger charge is -2.09. The zero-order chi connectivity index (χ0) is 21.4. The summed E-state index contributed by atoms with van der Waals surface area (Å²) in [6.45, 7) is 2.87. The molecule has 2 aromatic rings. The monoisotopic (exact) mass is 420 g/mol. The molecule has 9 heteroatoms. The summed E-state index contributed by atoms with van der Waals surface area (Å²) in [6, 6.07) is 11.8. The molecule has 0 fully saturated rings. The Hall–Kier alpha value is -2.91. The highest BCUT2D eigenvalue weighted by Gasteiger charge is 2.17. The van der Waals surface area contributed by atoms with Gasteiger partial charge in [0.05, 0.1) is 12.0 Å². The highest BCUT2D eigenvalue weighted by Crippen LogP contribution is 2.14. The summed E-state index contributed by atoms with van der Waals surface area (Å²) >= 11 is 0.